The molecule has 0 fully saturated rings. The summed E-state index contributed by atoms with van der Waals surface area (Å²) in [5.74, 6) is 0. The first-order valence-corrected chi connectivity index (χ1v) is 5.94. The molecule has 0 aliphatic heterocycles. The van der Waals surface area contributed by atoms with Crippen molar-refractivity contribution in [2.75, 3.05) is 14.1 Å². The fourth-order valence-electron chi connectivity index (χ4n) is 1.91. The summed E-state index contributed by atoms with van der Waals surface area (Å²) in [6, 6.07) is 8.60. The van der Waals surface area contributed by atoms with Crippen LogP contribution in [0.4, 0.5) is 0 Å². The van der Waals surface area contributed by atoms with E-state index in [0.29, 0.717) is 0 Å². The minimum atomic E-state index is -0.163. The number of hydrogen-bond donors (Lipinski definition) is 0. The van der Waals surface area contributed by atoms with Crippen molar-refractivity contribution in [3.8, 4) is 6.07 Å². The minimum Gasteiger partial charge on any atom is -0.291 e. The molecule has 1 aromatic rings. The second-order valence-electron chi connectivity index (χ2n) is 5.82. The predicted molar refractivity (Wildman–Crippen MR) is 71.9 cm³/mol. The molecule has 0 aliphatic carbocycles. The van der Waals surface area contributed by atoms with Crippen molar-refractivity contribution >= 4 is 0 Å². The van der Waals surface area contributed by atoms with Crippen molar-refractivity contribution in [3.63, 3.8) is 0 Å². The summed E-state index contributed by atoms with van der Waals surface area (Å²) in [5.41, 5.74) is 3.76. The maximum Gasteiger partial charge on any atom is 0.123 e. The van der Waals surface area contributed by atoms with Gasteiger partial charge < -0.3 is 0 Å². The molecule has 0 aliphatic rings. The number of hydrogen-bond acceptors (Lipinski definition) is 2. The number of nitrogens with zero attached hydrogens (tertiary/aromatic N) is 2. The van der Waals surface area contributed by atoms with E-state index in [0.717, 1.165) is 5.56 Å². The molecule has 92 valence electrons. The Labute approximate surface area is 105 Å². The van der Waals surface area contributed by atoms with Gasteiger partial charge in [-0.2, -0.15) is 5.26 Å². The molecule has 2 heteroatoms. The first-order valence-electron chi connectivity index (χ1n) is 5.94. The van der Waals surface area contributed by atoms with Crippen LogP contribution in [0.5, 0.6) is 0 Å². The Hall–Kier alpha value is -1.33. The summed E-state index contributed by atoms with van der Waals surface area (Å²) < 4.78 is 0. The SMILES string of the molecule is Cc1cc(C(C)(C)C)ccc1C(C#N)N(C)C. The Morgan fingerprint density at radius 3 is 2.18 bits per heavy atom. The highest BCUT2D eigenvalue weighted by molar-refractivity contribution is 5.38. The van der Waals surface area contributed by atoms with Gasteiger partial charge in [0.25, 0.3) is 0 Å². The Morgan fingerprint density at radius 2 is 1.82 bits per heavy atom. The molecule has 0 amide bonds. The highest BCUT2D eigenvalue weighted by atomic mass is 15.1. The molecule has 0 heterocycles. The standard InChI is InChI=1S/C15H22N2/c1-11-9-12(15(2,3)4)7-8-13(11)14(10-16)17(5)6/h7-9,14H,1-6H3. The second kappa shape index (κ2) is 4.89. The number of nitriles is 1. The quantitative estimate of drug-likeness (QED) is 0.778. The van der Waals surface area contributed by atoms with Gasteiger partial charge in [0, 0.05) is 0 Å². The average molecular weight is 230 g/mol. The van der Waals surface area contributed by atoms with Gasteiger partial charge in [0.2, 0.25) is 0 Å². The summed E-state index contributed by atoms with van der Waals surface area (Å²) in [7, 11) is 3.87. The van der Waals surface area contributed by atoms with Crippen LogP contribution >= 0.6 is 0 Å². The van der Waals surface area contributed by atoms with Crippen molar-refractivity contribution in [3.05, 3.63) is 34.9 Å². The van der Waals surface area contributed by atoms with Crippen molar-refractivity contribution in [1.82, 2.24) is 4.90 Å². The average Bonchev–Trinajstić information content (AvgIpc) is 2.19. The van der Waals surface area contributed by atoms with Crippen LogP contribution in [0.3, 0.4) is 0 Å². The molecular weight excluding hydrogens is 208 g/mol. The van der Waals surface area contributed by atoms with Gasteiger partial charge in [-0.05, 0) is 43.1 Å². The Morgan fingerprint density at radius 1 is 1.24 bits per heavy atom. The summed E-state index contributed by atoms with van der Waals surface area (Å²) in [4.78, 5) is 1.94. The van der Waals surface area contributed by atoms with Crippen LogP contribution in [0, 0.1) is 18.3 Å². The molecule has 2 nitrogen and oxygen atoms in total. The van der Waals surface area contributed by atoms with E-state index in [1.807, 2.05) is 19.0 Å². The van der Waals surface area contributed by atoms with Crippen LogP contribution < -0.4 is 0 Å². The summed E-state index contributed by atoms with van der Waals surface area (Å²) in [6.45, 7) is 8.69. The van der Waals surface area contributed by atoms with E-state index in [4.69, 9.17) is 0 Å². The molecule has 1 aromatic carbocycles. The summed E-state index contributed by atoms with van der Waals surface area (Å²) >= 11 is 0. The van der Waals surface area contributed by atoms with Crippen LogP contribution in [0.2, 0.25) is 0 Å². The van der Waals surface area contributed by atoms with E-state index in [2.05, 4.69) is 52.0 Å². The van der Waals surface area contributed by atoms with Crippen LogP contribution in [0.25, 0.3) is 0 Å². The normalized spacial score (nSPS) is 13.5. The van der Waals surface area contributed by atoms with Crippen LogP contribution in [-0.2, 0) is 5.41 Å². The molecule has 0 spiro atoms. The zero-order valence-electron chi connectivity index (χ0n) is 11.7. The molecule has 0 saturated carbocycles. The maximum atomic E-state index is 9.21. The lowest BCUT2D eigenvalue weighted by Gasteiger charge is -2.23. The van der Waals surface area contributed by atoms with Gasteiger partial charge in [0.05, 0.1) is 6.07 Å². The zero-order valence-corrected chi connectivity index (χ0v) is 11.7. The number of benzene rings is 1. The van der Waals surface area contributed by atoms with Gasteiger partial charge in [-0.15, -0.1) is 0 Å². The molecule has 0 radical (unpaired) electrons. The summed E-state index contributed by atoms with van der Waals surface area (Å²) in [5, 5.41) is 9.21. The smallest absolute Gasteiger partial charge is 0.123 e. The first kappa shape index (κ1) is 13.7. The number of aryl methyl sites for hydroxylation is 1. The van der Waals surface area contributed by atoms with Gasteiger partial charge in [-0.3, -0.25) is 4.90 Å². The van der Waals surface area contributed by atoms with E-state index >= 15 is 0 Å². The third-order valence-corrected chi connectivity index (χ3v) is 3.07. The third-order valence-electron chi connectivity index (χ3n) is 3.07. The van der Waals surface area contributed by atoms with E-state index in [1.54, 1.807) is 0 Å². The Kier molecular flexibility index (Phi) is 3.95. The van der Waals surface area contributed by atoms with E-state index in [9.17, 15) is 5.26 Å². The van der Waals surface area contributed by atoms with Crippen LogP contribution in [-0.4, -0.2) is 19.0 Å². The largest absolute Gasteiger partial charge is 0.291 e. The van der Waals surface area contributed by atoms with Gasteiger partial charge in [0.15, 0.2) is 0 Å². The van der Waals surface area contributed by atoms with Crippen molar-refractivity contribution in [2.24, 2.45) is 0 Å². The maximum absolute atomic E-state index is 9.21. The lowest BCUT2D eigenvalue weighted by atomic mass is 9.84. The fourth-order valence-corrected chi connectivity index (χ4v) is 1.91. The van der Waals surface area contributed by atoms with Crippen molar-refractivity contribution < 1.29 is 0 Å². The first-order chi connectivity index (χ1) is 7.77. The molecule has 1 atom stereocenters. The topological polar surface area (TPSA) is 27.0 Å². The molecule has 1 unspecified atom stereocenters. The van der Waals surface area contributed by atoms with E-state index in [-0.39, 0.29) is 11.5 Å². The molecular formula is C15H22N2. The Bertz CT molecular complexity index is 433. The second-order valence-corrected chi connectivity index (χ2v) is 5.82. The van der Waals surface area contributed by atoms with Crippen molar-refractivity contribution in [2.45, 2.75) is 39.2 Å². The minimum absolute atomic E-state index is 0.156. The lowest BCUT2D eigenvalue weighted by Crippen LogP contribution is -2.20. The molecule has 0 N–H and O–H groups in total. The highest BCUT2D eigenvalue weighted by Crippen LogP contribution is 2.28. The number of rotatable bonds is 2. The summed E-state index contributed by atoms with van der Waals surface area (Å²) in [6.07, 6.45) is 0. The molecule has 1 rings (SSSR count). The fraction of sp³-hybridized carbons (Fsp3) is 0.533. The predicted octanol–water partition coefficient (Wildman–Crippen LogP) is 3.42. The van der Waals surface area contributed by atoms with Crippen LogP contribution in [0.1, 0.15) is 43.5 Å². The van der Waals surface area contributed by atoms with Gasteiger partial charge >= 0.3 is 0 Å². The Balaban J connectivity index is 3.19. The third kappa shape index (κ3) is 3.08. The molecule has 0 bridgehead atoms. The van der Waals surface area contributed by atoms with E-state index < -0.39 is 0 Å². The lowest BCUT2D eigenvalue weighted by molar-refractivity contribution is 0.357. The van der Waals surface area contributed by atoms with Gasteiger partial charge in [-0.25, -0.2) is 0 Å². The highest BCUT2D eigenvalue weighted by Gasteiger charge is 2.18. The van der Waals surface area contributed by atoms with E-state index in [1.165, 1.54) is 11.1 Å². The molecule has 17 heavy (non-hydrogen) atoms. The van der Waals surface area contributed by atoms with Crippen LogP contribution in [0.15, 0.2) is 18.2 Å². The zero-order chi connectivity index (χ0) is 13.2. The molecule has 0 saturated heterocycles. The van der Waals surface area contributed by atoms with Crippen molar-refractivity contribution in [1.29, 1.82) is 5.26 Å². The van der Waals surface area contributed by atoms with Gasteiger partial charge in [-0.1, -0.05) is 39.0 Å². The van der Waals surface area contributed by atoms with Gasteiger partial charge in [0.1, 0.15) is 6.04 Å². The monoisotopic (exact) mass is 230 g/mol. The molecule has 0 aromatic heterocycles.